The third-order valence-electron chi connectivity index (χ3n) is 3.25. The maximum absolute atomic E-state index is 12.2. The first-order chi connectivity index (χ1) is 8.16. The molecule has 1 atom stereocenters. The highest BCUT2D eigenvalue weighted by Gasteiger charge is 2.14. The molecule has 0 aromatic heterocycles. The topological polar surface area (TPSA) is 46.3 Å². The van der Waals surface area contributed by atoms with Crippen LogP contribution in [0.15, 0.2) is 23.1 Å². The zero-order valence-corrected chi connectivity index (χ0v) is 11.1. The first kappa shape index (κ1) is 12.6. The molecule has 1 aliphatic heterocycles. The molecule has 1 aromatic rings. The van der Waals surface area contributed by atoms with Gasteiger partial charge >= 0.3 is 0 Å². The van der Waals surface area contributed by atoms with Crippen LogP contribution in [0.1, 0.15) is 18.4 Å². The van der Waals surface area contributed by atoms with Crippen molar-refractivity contribution in [2.75, 3.05) is 31.1 Å². The smallest absolute Gasteiger partial charge is 0.0545 e. The van der Waals surface area contributed by atoms with E-state index >= 15 is 0 Å². The summed E-state index contributed by atoms with van der Waals surface area (Å²) in [5.41, 5.74) is 7.50. The number of hydrogen-bond donors (Lipinski definition) is 1. The van der Waals surface area contributed by atoms with Gasteiger partial charge in [-0.1, -0.05) is 6.07 Å². The third kappa shape index (κ3) is 3.30. The quantitative estimate of drug-likeness (QED) is 0.831. The summed E-state index contributed by atoms with van der Waals surface area (Å²) in [5.74, 6) is 0.713. The molecule has 0 amide bonds. The highest BCUT2D eigenvalue weighted by molar-refractivity contribution is 7.85. The molecule has 0 radical (unpaired) electrons. The van der Waals surface area contributed by atoms with Crippen molar-refractivity contribution >= 4 is 16.5 Å². The van der Waals surface area contributed by atoms with E-state index in [9.17, 15) is 4.21 Å². The standard InChI is InChI=1S/C13H20N2OS/c1-11-4-5-12(14)10-13(11)17(16)9-8-15-6-2-3-7-15/h4-5,10H,2-3,6-9,14H2,1H3. The van der Waals surface area contributed by atoms with E-state index in [1.54, 1.807) is 0 Å². The maximum Gasteiger partial charge on any atom is 0.0545 e. The number of benzene rings is 1. The molecule has 1 heterocycles. The van der Waals surface area contributed by atoms with E-state index in [0.29, 0.717) is 11.4 Å². The van der Waals surface area contributed by atoms with Crippen LogP contribution in [0.3, 0.4) is 0 Å². The molecule has 0 saturated carbocycles. The summed E-state index contributed by atoms with van der Waals surface area (Å²) in [6.07, 6.45) is 2.56. The second-order valence-electron chi connectivity index (χ2n) is 4.62. The molecule has 17 heavy (non-hydrogen) atoms. The molecule has 0 bridgehead atoms. The van der Waals surface area contributed by atoms with Gasteiger partial charge in [0.2, 0.25) is 0 Å². The highest BCUT2D eigenvalue weighted by Crippen LogP contribution is 2.17. The summed E-state index contributed by atoms with van der Waals surface area (Å²) in [7, 11) is -0.923. The van der Waals surface area contributed by atoms with Crippen LogP contribution in [0.25, 0.3) is 0 Å². The minimum Gasteiger partial charge on any atom is -0.399 e. The summed E-state index contributed by atoms with van der Waals surface area (Å²) in [5, 5.41) is 0. The van der Waals surface area contributed by atoms with Crippen molar-refractivity contribution in [1.29, 1.82) is 0 Å². The fourth-order valence-electron chi connectivity index (χ4n) is 2.19. The molecule has 1 fully saturated rings. The van der Waals surface area contributed by atoms with Crippen LogP contribution in [0.5, 0.6) is 0 Å². The van der Waals surface area contributed by atoms with Crippen molar-refractivity contribution in [2.24, 2.45) is 0 Å². The van der Waals surface area contributed by atoms with E-state index in [4.69, 9.17) is 5.73 Å². The molecule has 4 heteroatoms. The van der Waals surface area contributed by atoms with Gasteiger partial charge in [0.15, 0.2) is 0 Å². The number of nitrogen functional groups attached to an aromatic ring is 1. The fourth-order valence-corrected chi connectivity index (χ4v) is 3.53. The molecule has 2 N–H and O–H groups in total. The second kappa shape index (κ2) is 5.65. The predicted molar refractivity (Wildman–Crippen MR) is 72.5 cm³/mol. The number of aryl methyl sites for hydroxylation is 1. The number of nitrogens with two attached hydrogens (primary N) is 1. The van der Waals surface area contributed by atoms with Crippen molar-refractivity contribution in [3.05, 3.63) is 23.8 Å². The molecule has 1 aliphatic rings. The van der Waals surface area contributed by atoms with Gasteiger partial charge in [0.05, 0.1) is 10.8 Å². The minimum atomic E-state index is -0.923. The number of nitrogens with zero attached hydrogens (tertiary/aromatic N) is 1. The first-order valence-electron chi connectivity index (χ1n) is 6.13. The van der Waals surface area contributed by atoms with Gasteiger partial charge in [-0.15, -0.1) is 0 Å². The average Bonchev–Trinajstić information content (AvgIpc) is 2.82. The molecular formula is C13H20N2OS. The summed E-state index contributed by atoms with van der Waals surface area (Å²) in [6.45, 7) is 5.24. The lowest BCUT2D eigenvalue weighted by Crippen LogP contribution is -2.24. The molecule has 0 aliphatic carbocycles. The van der Waals surface area contributed by atoms with E-state index in [2.05, 4.69) is 4.90 Å². The van der Waals surface area contributed by atoms with Gasteiger partial charge in [0.25, 0.3) is 0 Å². The van der Waals surface area contributed by atoms with Crippen LogP contribution in [0.2, 0.25) is 0 Å². The SMILES string of the molecule is Cc1ccc(N)cc1S(=O)CCN1CCCC1. The first-order valence-corrected chi connectivity index (χ1v) is 7.45. The lowest BCUT2D eigenvalue weighted by Gasteiger charge is -2.14. The summed E-state index contributed by atoms with van der Waals surface area (Å²) in [4.78, 5) is 3.28. The average molecular weight is 252 g/mol. The zero-order chi connectivity index (χ0) is 12.3. The number of rotatable bonds is 4. The van der Waals surface area contributed by atoms with Gasteiger partial charge in [0, 0.05) is 22.9 Å². The van der Waals surface area contributed by atoms with E-state index in [1.807, 2.05) is 25.1 Å². The van der Waals surface area contributed by atoms with Crippen molar-refractivity contribution in [1.82, 2.24) is 4.90 Å². The van der Waals surface area contributed by atoms with E-state index in [1.165, 1.54) is 12.8 Å². The molecule has 94 valence electrons. The van der Waals surface area contributed by atoms with Gasteiger partial charge in [-0.3, -0.25) is 4.21 Å². The van der Waals surface area contributed by atoms with E-state index < -0.39 is 10.8 Å². The van der Waals surface area contributed by atoms with Gasteiger partial charge in [-0.2, -0.15) is 0 Å². The normalized spacial score (nSPS) is 18.4. The Balaban J connectivity index is 1.96. The lowest BCUT2D eigenvalue weighted by atomic mass is 10.2. The Bertz CT molecular complexity index is 414. The Hall–Kier alpha value is -0.870. The van der Waals surface area contributed by atoms with Crippen molar-refractivity contribution in [3.63, 3.8) is 0 Å². The Labute approximate surface area is 105 Å². The van der Waals surface area contributed by atoms with Crippen molar-refractivity contribution in [2.45, 2.75) is 24.7 Å². The monoisotopic (exact) mass is 252 g/mol. The van der Waals surface area contributed by atoms with Crippen molar-refractivity contribution < 1.29 is 4.21 Å². The Morgan fingerprint density at radius 1 is 1.35 bits per heavy atom. The molecular weight excluding hydrogens is 232 g/mol. The van der Waals surface area contributed by atoms with Gasteiger partial charge < -0.3 is 10.6 Å². The van der Waals surface area contributed by atoms with Gasteiger partial charge in [-0.05, 0) is 50.6 Å². The van der Waals surface area contributed by atoms with E-state index in [0.717, 1.165) is 30.1 Å². The summed E-state index contributed by atoms with van der Waals surface area (Å²) in [6, 6.07) is 5.64. The lowest BCUT2D eigenvalue weighted by molar-refractivity contribution is 0.361. The van der Waals surface area contributed by atoms with Crippen LogP contribution in [-0.2, 0) is 10.8 Å². The molecule has 1 saturated heterocycles. The van der Waals surface area contributed by atoms with Crippen LogP contribution in [0.4, 0.5) is 5.69 Å². The van der Waals surface area contributed by atoms with Crippen LogP contribution < -0.4 is 5.73 Å². The molecule has 1 unspecified atom stereocenters. The molecule has 3 nitrogen and oxygen atoms in total. The van der Waals surface area contributed by atoms with Crippen LogP contribution in [0, 0.1) is 6.92 Å². The Kier molecular flexibility index (Phi) is 4.18. The molecule has 2 rings (SSSR count). The predicted octanol–water partition coefficient (Wildman–Crippen LogP) is 1.78. The fraction of sp³-hybridized carbons (Fsp3) is 0.538. The minimum absolute atomic E-state index is 0.695. The van der Waals surface area contributed by atoms with Gasteiger partial charge in [-0.25, -0.2) is 0 Å². The Morgan fingerprint density at radius 3 is 2.76 bits per heavy atom. The zero-order valence-electron chi connectivity index (χ0n) is 10.3. The van der Waals surface area contributed by atoms with Crippen molar-refractivity contribution in [3.8, 4) is 0 Å². The summed E-state index contributed by atoms with van der Waals surface area (Å²) < 4.78 is 12.2. The largest absolute Gasteiger partial charge is 0.399 e. The van der Waals surface area contributed by atoms with Gasteiger partial charge in [0.1, 0.15) is 0 Å². The maximum atomic E-state index is 12.2. The second-order valence-corrected chi connectivity index (χ2v) is 6.16. The molecule has 1 aromatic carbocycles. The van der Waals surface area contributed by atoms with E-state index in [-0.39, 0.29) is 0 Å². The third-order valence-corrected chi connectivity index (χ3v) is 4.73. The number of anilines is 1. The Morgan fingerprint density at radius 2 is 2.06 bits per heavy atom. The van der Waals surface area contributed by atoms with Crippen LogP contribution >= 0.6 is 0 Å². The summed E-state index contributed by atoms with van der Waals surface area (Å²) >= 11 is 0. The van der Waals surface area contributed by atoms with Crippen LogP contribution in [-0.4, -0.2) is 34.5 Å². The molecule has 0 spiro atoms. The highest BCUT2D eigenvalue weighted by atomic mass is 32.2. The number of likely N-dealkylation sites (tertiary alicyclic amines) is 1. The number of hydrogen-bond acceptors (Lipinski definition) is 3.